The summed E-state index contributed by atoms with van der Waals surface area (Å²) >= 11 is 0. The van der Waals surface area contributed by atoms with Crippen molar-refractivity contribution in [2.45, 2.75) is 0 Å². The number of esters is 1. The molecule has 0 N–H and O–H groups in total. The van der Waals surface area contributed by atoms with Crippen LogP contribution in [0.3, 0.4) is 0 Å². The molecule has 0 spiro atoms. The molecular formula is C11H13NO2. The Morgan fingerprint density at radius 1 is 1.50 bits per heavy atom. The van der Waals surface area contributed by atoms with Crippen LogP contribution in [0.4, 0.5) is 5.69 Å². The molecule has 1 rings (SSSR count). The predicted molar refractivity (Wildman–Crippen MR) is 56.6 cm³/mol. The number of anilines is 1. The molecule has 0 aromatic heterocycles. The lowest BCUT2D eigenvalue weighted by Gasteiger charge is -2.12. The molecule has 1 aromatic carbocycles. The summed E-state index contributed by atoms with van der Waals surface area (Å²) in [5, 5.41) is 0. The van der Waals surface area contributed by atoms with Crippen molar-refractivity contribution in [1.82, 2.24) is 0 Å². The zero-order chi connectivity index (χ0) is 10.6. The van der Waals surface area contributed by atoms with Gasteiger partial charge in [-0.15, -0.1) is 0 Å². The molecule has 0 aliphatic heterocycles. The number of rotatable bonds is 3. The van der Waals surface area contributed by atoms with E-state index in [4.69, 9.17) is 4.74 Å². The van der Waals surface area contributed by atoms with E-state index >= 15 is 0 Å². The molecule has 0 radical (unpaired) electrons. The second-order valence-corrected chi connectivity index (χ2v) is 3.02. The molecule has 0 saturated carbocycles. The standard InChI is InChI=1S/C11H13NO2/c1-4-11(13)14-10-7-5-6-9(8-10)12(2)3/h4-8H,1H2,2-3H3. The molecule has 0 bridgehead atoms. The Labute approximate surface area is 83.6 Å². The summed E-state index contributed by atoms with van der Waals surface area (Å²) in [5.74, 6) is 0.0852. The van der Waals surface area contributed by atoms with Crippen molar-refractivity contribution in [1.29, 1.82) is 0 Å². The third-order valence-corrected chi connectivity index (χ3v) is 1.72. The summed E-state index contributed by atoms with van der Waals surface area (Å²) in [5.41, 5.74) is 0.986. The molecule has 0 aliphatic carbocycles. The van der Waals surface area contributed by atoms with E-state index in [2.05, 4.69) is 6.58 Å². The highest BCUT2D eigenvalue weighted by molar-refractivity contribution is 5.83. The Morgan fingerprint density at radius 3 is 2.79 bits per heavy atom. The average molecular weight is 191 g/mol. The van der Waals surface area contributed by atoms with E-state index < -0.39 is 5.97 Å². The first-order valence-electron chi connectivity index (χ1n) is 4.25. The third-order valence-electron chi connectivity index (χ3n) is 1.72. The van der Waals surface area contributed by atoms with Crippen LogP contribution in [0.1, 0.15) is 0 Å². The van der Waals surface area contributed by atoms with E-state index in [0.717, 1.165) is 11.8 Å². The van der Waals surface area contributed by atoms with Crippen molar-refractivity contribution < 1.29 is 9.53 Å². The van der Waals surface area contributed by atoms with Gasteiger partial charge in [-0.1, -0.05) is 12.6 Å². The van der Waals surface area contributed by atoms with Gasteiger partial charge in [0.25, 0.3) is 0 Å². The lowest BCUT2D eigenvalue weighted by atomic mass is 10.3. The Bertz CT molecular complexity index is 345. The molecule has 1 aromatic rings. The lowest BCUT2D eigenvalue weighted by Crippen LogP contribution is -2.09. The zero-order valence-electron chi connectivity index (χ0n) is 8.36. The molecule has 3 heteroatoms. The number of nitrogens with zero attached hydrogens (tertiary/aromatic N) is 1. The second-order valence-electron chi connectivity index (χ2n) is 3.02. The molecule has 14 heavy (non-hydrogen) atoms. The predicted octanol–water partition coefficient (Wildman–Crippen LogP) is 1.84. The number of hydrogen-bond acceptors (Lipinski definition) is 3. The fraction of sp³-hybridized carbons (Fsp3) is 0.182. The highest BCUT2D eigenvalue weighted by Gasteiger charge is 2.01. The van der Waals surface area contributed by atoms with Crippen molar-refractivity contribution in [3.63, 3.8) is 0 Å². The molecule has 0 saturated heterocycles. The van der Waals surface area contributed by atoms with Crippen LogP contribution >= 0.6 is 0 Å². The van der Waals surface area contributed by atoms with Crippen LogP contribution in [0, 0.1) is 0 Å². The Kier molecular flexibility index (Phi) is 3.29. The van der Waals surface area contributed by atoms with Crippen LogP contribution in [-0.4, -0.2) is 20.1 Å². The summed E-state index contributed by atoms with van der Waals surface area (Å²) in [7, 11) is 3.85. The number of hydrogen-bond donors (Lipinski definition) is 0. The van der Waals surface area contributed by atoms with E-state index in [0.29, 0.717) is 5.75 Å². The third kappa shape index (κ3) is 2.62. The van der Waals surface area contributed by atoms with Gasteiger partial charge in [-0.05, 0) is 12.1 Å². The van der Waals surface area contributed by atoms with Crippen molar-refractivity contribution in [3.05, 3.63) is 36.9 Å². The minimum absolute atomic E-state index is 0.444. The Balaban J connectivity index is 2.83. The SMILES string of the molecule is C=CC(=O)Oc1cccc(N(C)C)c1. The van der Waals surface area contributed by atoms with Crippen molar-refractivity contribution in [3.8, 4) is 5.75 Å². The number of carbonyl (C=O) groups excluding carboxylic acids is 1. The van der Waals surface area contributed by atoms with E-state index in [1.54, 1.807) is 12.1 Å². The monoisotopic (exact) mass is 191 g/mol. The van der Waals surface area contributed by atoms with Crippen LogP contribution in [0.5, 0.6) is 5.75 Å². The molecule has 0 fully saturated rings. The highest BCUT2D eigenvalue weighted by atomic mass is 16.5. The maximum Gasteiger partial charge on any atom is 0.335 e. The Morgan fingerprint density at radius 2 is 2.21 bits per heavy atom. The first kappa shape index (κ1) is 10.3. The largest absolute Gasteiger partial charge is 0.423 e. The Hall–Kier alpha value is -1.77. The van der Waals surface area contributed by atoms with Gasteiger partial charge in [0.2, 0.25) is 0 Å². The lowest BCUT2D eigenvalue weighted by molar-refractivity contribution is -0.128. The molecule has 0 aliphatic rings. The van der Waals surface area contributed by atoms with Gasteiger partial charge in [0, 0.05) is 31.9 Å². The van der Waals surface area contributed by atoms with Gasteiger partial charge in [0.05, 0.1) is 0 Å². The fourth-order valence-corrected chi connectivity index (χ4v) is 0.983. The summed E-state index contributed by atoms with van der Waals surface area (Å²) in [6, 6.07) is 7.29. The first-order valence-corrected chi connectivity index (χ1v) is 4.25. The van der Waals surface area contributed by atoms with Gasteiger partial charge in [-0.25, -0.2) is 4.79 Å². The maximum atomic E-state index is 10.9. The molecular weight excluding hydrogens is 178 g/mol. The molecule has 0 unspecified atom stereocenters. The van der Waals surface area contributed by atoms with E-state index in [1.807, 2.05) is 31.1 Å². The highest BCUT2D eigenvalue weighted by Crippen LogP contribution is 2.19. The molecule has 3 nitrogen and oxygen atoms in total. The molecule has 74 valence electrons. The van der Waals surface area contributed by atoms with Crippen LogP contribution in [0.2, 0.25) is 0 Å². The van der Waals surface area contributed by atoms with Gasteiger partial charge in [0.15, 0.2) is 0 Å². The minimum atomic E-state index is -0.444. The van der Waals surface area contributed by atoms with Crippen molar-refractivity contribution >= 4 is 11.7 Å². The average Bonchev–Trinajstić information content (AvgIpc) is 2.18. The second kappa shape index (κ2) is 4.46. The number of ether oxygens (including phenoxy) is 1. The van der Waals surface area contributed by atoms with Crippen LogP contribution < -0.4 is 9.64 Å². The summed E-state index contributed by atoms with van der Waals surface area (Å²) in [4.78, 5) is 12.8. The van der Waals surface area contributed by atoms with Crippen LogP contribution in [-0.2, 0) is 4.79 Å². The first-order chi connectivity index (χ1) is 6.63. The van der Waals surface area contributed by atoms with Crippen molar-refractivity contribution in [2.24, 2.45) is 0 Å². The van der Waals surface area contributed by atoms with Crippen LogP contribution in [0.25, 0.3) is 0 Å². The maximum absolute atomic E-state index is 10.9. The summed E-state index contributed by atoms with van der Waals surface area (Å²) in [6.07, 6.45) is 1.14. The van der Waals surface area contributed by atoms with E-state index in [9.17, 15) is 4.79 Å². The molecule has 0 atom stereocenters. The van der Waals surface area contributed by atoms with Gasteiger partial charge in [0.1, 0.15) is 5.75 Å². The van der Waals surface area contributed by atoms with E-state index in [1.165, 1.54) is 0 Å². The smallest absolute Gasteiger partial charge is 0.335 e. The van der Waals surface area contributed by atoms with Crippen molar-refractivity contribution in [2.75, 3.05) is 19.0 Å². The molecule has 0 amide bonds. The minimum Gasteiger partial charge on any atom is -0.423 e. The molecule has 0 heterocycles. The van der Waals surface area contributed by atoms with Gasteiger partial charge in [-0.2, -0.15) is 0 Å². The van der Waals surface area contributed by atoms with Gasteiger partial charge < -0.3 is 9.64 Å². The van der Waals surface area contributed by atoms with Gasteiger partial charge in [-0.3, -0.25) is 0 Å². The summed E-state index contributed by atoms with van der Waals surface area (Å²) in [6.45, 7) is 3.33. The quantitative estimate of drug-likeness (QED) is 0.415. The topological polar surface area (TPSA) is 29.5 Å². The van der Waals surface area contributed by atoms with E-state index in [-0.39, 0.29) is 0 Å². The fourth-order valence-electron chi connectivity index (χ4n) is 0.983. The van der Waals surface area contributed by atoms with Crippen LogP contribution in [0.15, 0.2) is 36.9 Å². The number of carbonyl (C=O) groups is 1. The summed E-state index contributed by atoms with van der Waals surface area (Å²) < 4.78 is 4.97. The normalized spacial score (nSPS) is 9.29. The zero-order valence-corrected chi connectivity index (χ0v) is 8.36. The number of benzene rings is 1. The van der Waals surface area contributed by atoms with Gasteiger partial charge >= 0.3 is 5.97 Å².